The van der Waals surface area contributed by atoms with Crippen molar-refractivity contribution in [3.05, 3.63) is 56.1 Å². The van der Waals surface area contributed by atoms with Gasteiger partial charge in [-0.05, 0) is 39.0 Å². The van der Waals surface area contributed by atoms with E-state index in [2.05, 4.69) is 10.5 Å². The molecule has 9 heteroatoms. The largest absolute Gasteiger partial charge is 0.507 e. The summed E-state index contributed by atoms with van der Waals surface area (Å²) < 4.78 is 10.4. The van der Waals surface area contributed by atoms with Crippen LogP contribution in [-0.4, -0.2) is 22.8 Å². The van der Waals surface area contributed by atoms with Gasteiger partial charge < -0.3 is 14.3 Å². The number of hydrazone groups is 1. The highest BCUT2D eigenvalue weighted by molar-refractivity contribution is 6.35. The van der Waals surface area contributed by atoms with Crippen LogP contribution in [0.15, 0.2) is 38.6 Å². The number of carbonyl (C=O) groups is 1. The Hall–Kier alpha value is -2.51. The van der Waals surface area contributed by atoms with Crippen molar-refractivity contribution in [1.29, 1.82) is 0 Å². The van der Waals surface area contributed by atoms with Crippen molar-refractivity contribution >= 4 is 34.8 Å². The Morgan fingerprint density at radius 2 is 2.04 bits per heavy atom. The third-order valence-electron chi connectivity index (χ3n) is 3.32. The second-order valence-electron chi connectivity index (χ2n) is 5.41. The summed E-state index contributed by atoms with van der Waals surface area (Å²) in [4.78, 5) is 23.9. The Bertz CT molecular complexity index is 924. The molecule has 2 N–H and O–H groups in total. The quantitative estimate of drug-likeness (QED) is 0.594. The normalized spacial score (nSPS) is 12.6. The molecule has 0 spiro atoms. The molecular weight excluding hydrogens is 383 g/mol. The molecule has 26 heavy (non-hydrogen) atoms. The van der Waals surface area contributed by atoms with Crippen LogP contribution in [0.5, 0.6) is 11.5 Å². The number of aromatic hydroxyl groups is 1. The van der Waals surface area contributed by atoms with Crippen molar-refractivity contribution in [1.82, 2.24) is 5.43 Å². The molecule has 0 aliphatic heterocycles. The molecule has 0 bridgehead atoms. The van der Waals surface area contributed by atoms with Gasteiger partial charge in [0.2, 0.25) is 0 Å². The number of benzene rings is 1. The zero-order chi connectivity index (χ0) is 19.4. The van der Waals surface area contributed by atoms with Crippen LogP contribution in [0.4, 0.5) is 0 Å². The lowest BCUT2D eigenvalue weighted by atomic mass is 10.2. The van der Waals surface area contributed by atoms with Gasteiger partial charge in [-0.1, -0.05) is 23.2 Å². The van der Waals surface area contributed by atoms with Gasteiger partial charge in [0.1, 0.15) is 22.8 Å². The highest BCUT2D eigenvalue weighted by atomic mass is 35.5. The van der Waals surface area contributed by atoms with E-state index in [9.17, 15) is 14.7 Å². The molecular formula is C17H16Cl2N2O5. The summed E-state index contributed by atoms with van der Waals surface area (Å²) in [6.45, 7) is 4.48. The van der Waals surface area contributed by atoms with Crippen LogP contribution in [0.1, 0.15) is 25.2 Å². The lowest BCUT2D eigenvalue weighted by Gasteiger charge is -2.14. The molecule has 7 nitrogen and oxygen atoms in total. The predicted octanol–water partition coefficient (Wildman–Crippen LogP) is 3.27. The zero-order valence-electron chi connectivity index (χ0n) is 14.2. The van der Waals surface area contributed by atoms with E-state index in [4.69, 9.17) is 32.4 Å². The fourth-order valence-electron chi connectivity index (χ4n) is 2.03. The van der Waals surface area contributed by atoms with Crippen molar-refractivity contribution in [2.45, 2.75) is 26.9 Å². The highest BCUT2D eigenvalue weighted by Crippen LogP contribution is 2.28. The van der Waals surface area contributed by atoms with Gasteiger partial charge in [0.05, 0.1) is 10.7 Å². The van der Waals surface area contributed by atoms with E-state index in [-0.39, 0.29) is 33.6 Å². The summed E-state index contributed by atoms with van der Waals surface area (Å²) in [5, 5.41) is 14.4. The van der Waals surface area contributed by atoms with E-state index in [1.165, 1.54) is 32.9 Å². The van der Waals surface area contributed by atoms with Gasteiger partial charge in [-0.2, -0.15) is 5.10 Å². The molecule has 138 valence electrons. The van der Waals surface area contributed by atoms with E-state index in [0.29, 0.717) is 5.02 Å². The molecule has 1 unspecified atom stereocenters. The Labute approximate surface area is 159 Å². The van der Waals surface area contributed by atoms with Gasteiger partial charge in [0.15, 0.2) is 6.10 Å². The van der Waals surface area contributed by atoms with Crippen molar-refractivity contribution < 1.29 is 19.1 Å². The van der Waals surface area contributed by atoms with Crippen LogP contribution >= 0.6 is 23.2 Å². The number of amides is 1. The van der Waals surface area contributed by atoms with Crippen molar-refractivity contribution in [2.75, 3.05) is 0 Å². The number of nitrogens with one attached hydrogen (secondary N) is 1. The molecule has 2 rings (SSSR count). The van der Waals surface area contributed by atoms with Gasteiger partial charge in [-0.15, -0.1) is 0 Å². The number of hydrogen-bond donors (Lipinski definition) is 2. The standard InChI is InChI=1S/C17H16Cl2N2O5/c1-8-6-13(22)15(17(24)25-8)9(2)20-21-16(23)10(3)26-14-5-4-11(18)7-12(14)19/h4-7,10,22H,1-3H3,(H,21,23)/b20-9+. The Morgan fingerprint density at radius 1 is 1.35 bits per heavy atom. The molecule has 1 atom stereocenters. The van der Waals surface area contributed by atoms with E-state index in [1.54, 1.807) is 12.1 Å². The summed E-state index contributed by atoms with van der Waals surface area (Å²) in [6.07, 6.45) is -0.923. The summed E-state index contributed by atoms with van der Waals surface area (Å²) in [5.74, 6) is -0.316. The maximum absolute atomic E-state index is 12.1. The van der Waals surface area contributed by atoms with Crippen LogP contribution in [0.2, 0.25) is 10.0 Å². The highest BCUT2D eigenvalue weighted by Gasteiger charge is 2.17. The summed E-state index contributed by atoms with van der Waals surface area (Å²) in [7, 11) is 0. The number of ether oxygens (including phenoxy) is 1. The molecule has 1 heterocycles. The Balaban J connectivity index is 2.09. The number of aryl methyl sites for hydroxylation is 1. The number of nitrogens with zero attached hydrogens (tertiary/aromatic N) is 1. The van der Waals surface area contributed by atoms with Gasteiger partial charge in [0.25, 0.3) is 5.91 Å². The van der Waals surface area contributed by atoms with Crippen molar-refractivity contribution in [2.24, 2.45) is 5.10 Å². The first kappa shape index (κ1) is 19.8. The molecule has 0 saturated heterocycles. The fourth-order valence-corrected chi connectivity index (χ4v) is 2.48. The predicted molar refractivity (Wildman–Crippen MR) is 98.3 cm³/mol. The van der Waals surface area contributed by atoms with Crippen LogP contribution in [0.3, 0.4) is 0 Å². The molecule has 2 aromatic rings. The third kappa shape index (κ3) is 4.77. The fraction of sp³-hybridized carbons (Fsp3) is 0.235. The minimum Gasteiger partial charge on any atom is -0.507 e. The van der Waals surface area contributed by atoms with E-state index in [1.807, 2.05) is 0 Å². The van der Waals surface area contributed by atoms with Crippen molar-refractivity contribution in [3.8, 4) is 11.5 Å². The third-order valence-corrected chi connectivity index (χ3v) is 3.85. The first-order chi connectivity index (χ1) is 12.2. The van der Waals surface area contributed by atoms with Crippen molar-refractivity contribution in [3.63, 3.8) is 0 Å². The maximum Gasteiger partial charge on any atom is 0.348 e. The molecule has 1 amide bonds. The van der Waals surface area contributed by atoms with E-state index >= 15 is 0 Å². The Kier molecular flexibility index (Phi) is 6.28. The molecule has 1 aromatic carbocycles. The monoisotopic (exact) mass is 398 g/mol. The molecule has 1 aromatic heterocycles. The Morgan fingerprint density at radius 3 is 2.65 bits per heavy atom. The molecule has 0 radical (unpaired) electrons. The number of carbonyl (C=O) groups excluding carboxylic acids is 1. The first-order valence-corrected chi connectivity index (χ1v) is 8.24. The molecule has 0 aliphatic rings. The summed E-state index contributed by atoms with van der Waals surface area (Å²) in [6, 6.07) is 5.89. The topological polar surface area (TPSA) is 101 Å². The van der Waals surface area contributed by atoms with Crippen LogP contribution in [0.25, 0.3) is 0 Å². The van der Waals surface area contributed by atoms with E-state index in [0.717, 1.165) is 0 Å². The maximum atomic E-state index is 12.1. The second kappa shape index (κ2) is 8.25. The van der Waals surface area contributed by atoms with Crippen LogP contribution < -0.4 is 15.8 Å². The molecule has 0 fully saturated rings. The minimum atomic E-state index is -0.923. The van der Waals surface area contributed by atoms with Gasteiger partial charge >= 0.3 is 5.63 Å². The van der Waals surface area contributed by atoms with Gasteiger partial charge in [-0.25, -0.2) is 10.2 Å². The summed E-state index contributed by atoms with van der Waals surface area (Å²) >= 11 is 11.8. The second-order valence-corrected chi connectivity index (χ2v) is 6.26. The lowest BCUT2D eigenvalue weighted by molar-refractivity contribution is -0.127. The number of halogens is 2. The summed E-state index contributed by atoms with van der Waals surface area (Å²) in [5.41, 5.74) is 1.46. The van der Waals surface area contributed by atoms with Gasteiger partial charge in [-0.3, -0.25) is 4.79 Å². The van der Waals surface area contributed by atoms with Crippen LogP contribution in [0, 0.1) is 6.92 Å². The average molecular weight is 399 g/mol. The SMILES string of the molecule is C/C(=N\NC(=O)C(C)Oc1ccc(Cl)cc1Cl)c1c(O)cc(C)oc1=O. The number of hydrogen-bond acceptors (Lipinski definition) is 6. The average Bonchev–Trinajstić information content (AvgIpc) is 2.54. The smallest absolute Gasteiger partial charge is 0.348 e. The lowest BCUT2D eigenvalue weighted by Crippen LogP contribution is -2.34. The molecule has 0 saturated carbocycles. The van der Waals surface area contributed by atoms with Crippen LogP contribution in [-0.2, 0) is 4.79 Å². The van der Waals surface area contributed by atoms with E-state index < -0.39 is 17.6 Å². The zero-order valence-corrected chi connectivity index (χ0v) is 15.7. The first-order valence-electron chi connectivity index (χ1n) is 7.49. The van der Waals surface area contributed by atoms with Gasteiger partial charge in [0, 0.05) is 11.1 Å². The number of rotatable bonds is 5. The minimum absolute atomic E-state index is 0.0846. The molecule has 0 aliphatic carbocycles.